The van der Waals surface area contributed by atoms with Gasteiger partial charge in [-0.2, -0.15) is 0 Å². The van der Waals surface area contributed by atoms with Gasteiger partial charge in [-0.05, 0) is 0 Å². The molecular formula is C14H21N6NaO8. The van der Waals surface area contributed by atoms with Crippen LogP contribution in [0.1, 0.15) is 33.8 Å². The van der Waals surface area contributed by atoms with Crippen molar-refractivity contribution < 1.29 is 39.6 Å². The number of hydrogen-bond donors (Lipinski definition) is 6. The molecule has 0 aromatic carbocycles. The summed E-state index contributed by atoms with van der Waals surface area (Å²) in [5.74, 6) is 8.14. The maximum atomic E-state index is 11.4. The van der Waals surface area contributed by atoms with E-state index in [9.17, 15) is 29.4 Å². The molecule has 0 fully saturated rings. The number of rotatable bonds is 12. The monoisotopic (exact) mass is 424 g/mol. The van der Waals surface area contributed by atoms with Crippen molar-refractivity contribution in [1.29, 1.82) is 0 Å². The standard InChI is InChI=1S/C14H20N6O8.Na.H/c15-19(7(3-21)1-11(25)26)13-9(5-23)18-14(10(6-24)17-13)20(16)8(4-22)2-12(27)28;;/h5-8,21-22H,1-4,15-16H2,(H,25,26)(H,27,28);;. The van der Waals surface area contributed by atoms with E-state index in [-0.39, 0.29) is 42.1 Å². The third-order valence-electron chi connectivity index (χ3n) is 3.65. The third kappa shape index (κ3) is 6.97. The Kier molecular flexibility index (Phi) is 11.4. The molecule has 1 aromatic rings. The first kappa shape index (κ1) is 26.8. The Morgan fingerprint density at radius 2 is 1.17 bits per heavy atom. The molecule has 29 heavy (non-hydrogen) atoms. The van der Waals surface area contributed by atoms with Gasteiger partial charge in [0.15, 0.2) is 24.2 Å². The molecule has 0 saturated heterocycles. The molecule has 0 saturated carbocycles. The number of aromatic nitrogens is 2. The molecule has 1 rings (SSSR count). The Hall–Kier alpha value is -2.20. The molecule has 0 spiro atoms. The van der Waals surface area contributed by atoms with Crippen molar-refractivity contribution in [1.82, 2.24) is 9.97 Å². The van der Waals surface area contributed by atoms with E-state index in [0.29, 0.717) is 10.0 Å². The Labute approximate surface area is 186 Å². The SMILES string of the molecule is NN(c1nc(C=O)c(N(N)C(CO)CC(=O)O)nc1C=O)C(CO)CC(=O)O.[NaH]. The second-order valence-corrected chi connectivity index (χ2v) is 5.56. The summed E-state index contributed by atoms with van der Waals surface area (Å²) in [6.07, 6.45) is -0.790. The number of aliphatic hydroxyl groups excluding tert-OH is 2. The summed E-state index contributed by atoms with van der Waals surface area (Å²) in [4.78, 5) is 52.2. The number of anilines is 2. The Morgan fingerprint density at radius 3 is 1.38 bits per heavy atom. The second-order valence-electron chi connectivity index (χ2n) is 5.56. The van der Waals surface area contributed by atoms with Gasteiger partial charge in [0.25, 0.3) is 0 Å². The van der Waals surface area contributed by atoms with Crippen molar-refractivity contribution in [2.24, 2.45) is 11.7 Å². The zero-order valence-electron chi connectivity index (χ0n) is 14.5. The van der Waals surface area contributed by atoms with E-state index in [1.165, 1.54) is 0 Å². The van der Waals surface area contributed by atoms with Crippen LogP contribution in [0.5, 0.6) is 0 Å². The minimum absolute atomic E-state index is 0. The number of carboxylic acids is 2. The number of carbonyl (C=O) groups is 4. The van der Waals surface area contributed by atoms with Crippen LogP contribution in [0.25, 0.3) is 0 Å². The van der Waals surface area contributed by atoms with Crippen LogP contribution < -0.4 is 21.7 Å². The quantitative estimate of drug-likeness (QED) is 0.0826. The van der Waals surface area contributed by atoms with E-state index in [0.717, 1.165) is 0 Å². The summed E-state index contributed by atoms with van der Waals surface area (Å²) in [5.41, 5.74) is -0.899. The Morgan fingerprint density at radius 1 is 0.862 bits per heavy atom. The van der Waals surface area contributed by atoms with Gasteiger partial charge in [-0.15, -0.1) is 0 Å². The molecule has 15 heteroatoms. The van der Waals surface area contributed by atoms with Crippen molar-refractivity contribution in [2.45, 2.75) is 24.9 Å². The fourth-order valence-corrected chi connectivity index (χ4v) is 2.23. The van der Waals surface area contributed by atoms with Gasteiger partial charge in [-0.3, -0.25) is 29.2 Å². The van der Waals surface area contributed by atoms with Gasteiger partial charge in [0.1, 0.15) is 11.4 Å². The minimum atomic E-state index is -1.28. The van der Waals surface area contributed by atoms with Crippen LogP contribution in [0.4, 0.5) is 11.6 Å². The number of hydrazine groups is 2. The Bertz CT molecular complexity index is 689. The number of aldehydes is 2. The second kappa shape index (κ2) is 12.4. The van der Waals surface area contributed by atoms with Gasteiger partial charge in [-0.25, -0.2) is 21.7 Å². The first-order valence-electron chi connectivity index (χ1n) is 7.75. The molecule has 156 valence electrons. The average molecular weight is 424 g/mol. The number of nitrogens with two attached hydrogens (primary N) is 2. The third-order valence-corrected chi connectivity index (χ3v) is 3.65. The molecule has 1 heterocycles. The molecule has 14 nitrogen and oxygen atoms in total. The van der Waals surface area contributed by atoms with Crippen molar-refractivity contribution in [3.8, 4) is 0 Å². The van der Waals surface area contributed by atoms with E-state index in [1.54, 1.807) is 0 Å². The molecule has 0 bridgehead atoms. The van der Waals surface area contributed by atoms with E-state index >= 15 is 0 Å². The molecule has 0 aliphatic heterocycles. The van der Waals surface area contributed by atoms with Gasteiger partial charge >= 0.3 is 41.5 Å². The van der Waals surface area contributed by atoms with Crippen LogP contribution in [0.15, 0.2) is 0 Å². The van der Waals surface area contributed by atoms with Gasteiger partial charge in [0.05, 0.1) is 38.1 Å². The fraction of sp³-hybridized carbons (Fsp3) is 0.429. The van der Waals surface area contributed by atoms with Gasteiger partial charge in [0, 0.05) is 0 Å². The van der Waals surface area contributed by atoms with Crippen LogP contribution in [-0.2, 0) is 9.59 Å². The van der Waals surface area contributed by atoms with Crippen molar-refractivity contribution >= 4 is 65.7 Å². The number of aliphatic hydroxyl groups is 2. The van der Waals surface area contributed by atoms with Crippen molar-refractivity contribution in [3.63, 3.8) is 0 Å². The van der Waals surface area contributed by atoms with Crippen LogP contribution in [-0.4, -0.2) is 110 Å². The predicted octanol–water partition coefficient (Wildman–Crippen LogP) is -3.52. The molecule has 1 aromatic heterocycles. The molecule has 0 aliphatic carbocycles. The summed E-state index contributed by atoms with van der Waals surface area (Å²) in [7, 11) is 0. The van der Waals surface area contributed by atoms with E-state index in [2.05, 4.69) is 9.97 Å². The zero-order valence-corrected chi connectivity index (χ0v) is 14.5. The first-order chi connectivity index (χ1) is 13.2. The first-order valence-corrected chi connectivity index (χ1v) is 7.75. The molecule has 2 unspecified atom stereocenters. The normalized spacial score (nSPS) is 12.3. The van der Waals surface area contributed by atoms with Gasteiger partial charge in [-0.1, -0.05) is 0 Å². The molecular weight excluding hydrogens is 403 g/mol. The van der Waals surface area contributed by atoms with Gasteiger partial charge < -0.3 is 20.4 Å². The molecule has 2 atom stereocenters. The Balaban J connectivity index is 0.00000784. The molecule has 8 N–H and O–H groups in total. The van der Waals surface area contributed by atoms with E-state index in [1.807, 2.05) is 0 Å². The van der Waals surface area contributed by atoms with Crippen LogP contribution >= 0.6 is 0 Å². The number of nitrogens with zero attached hydrogens (tertiary/aromatic N) is 4. The van der Waals surface area contributed by atoms with Crippen molar-refractivity contribution in [3.05, 3.63) is 11.4 Å². The van der Waals surface area contributed by atoms with Crippen molar-refractivity contribution in [2.75, 3.05) is 23.2 Å². The summed E-state index contributed by atoms with van der Waals surface area (Å²) < 4.78 is 0. The summed E-state index contributed by atoms with van der Waals surface area (Å²) in [6, 6.07) is -2.36. The fourth-order valence-electron chi connectivity index (χ4n) is 2.23. The number of carbonyl (C=O) groups excluding carboxylic acids is 2. The van der Waals surface area contributed by atoms with Crippen LogP contribution in [0.3, 0.4) is 0 Å². The molecule has 0 aliphatic rings. The number of carboxylic acid groups (broad SMARTS) is 2. The zero-order chi connectivity index (χ0) is 21.4. The number of hydrogen-bond acceptors (Lipinski definition) is 12. The van der Waals surface area contributed by atoms with Crippen LogP contribution in [0.2, 0.25) is 0 Å². The molecule has 0 amide bonds. The summed E-state index contributed by atoms with van der Waals surface area (Å²) in [5, 5.41) is 37.7. The van der Waals surface area contributed by atoms with E-state index in [4.69, 9.17) is 21.9 Å². The van der Waals surface area contributed by atoms with E-state index < -0.39 is 73.1 Å². The average Bonchev–Trinajstić information content (AvgIpc) is 2.67. The summed E-state index contributed by atoms with van der Waals surface area (Å²) >= 11 is 0. The molecule has 0 radical (unpaired) electrons. The van der Waals surface area contributed by atoms with Crippen LogP contribution in [0, 0.1) is 0 Å². The maximum absolute atomic E-state index is 11.4. The summed E-state index contributed by atoms with van der Waals surface area (Å²) in [6.45, 7) is -1.40. The number of aliphatic carboxylic acids is 2. The predicted molar refractivity (Wildman–Crippen MR) is 99.5 cm³/mol. The van der Waals surface area contributed by atoms with Gasteiger partial charge in [0.2, 0.25) is 0 Å². The topological polar surface area (TPSA) is 233 Å².